The summed E-state index contributed by atoms with van der Waals surface area (Å²) >= 11 is 0. The van der Waals surface area contributed by atoms with Gasteiger partial charge in [0.05, 0.1) is 6.42 Å². The number of rotatable bonds is 10. The molecule has 1 aliphatic rings. The number of nitrogens with one attached hydrogen (secondary N) is 3. The van der Waals surface area contributed by atoms with Crippen LogP contribution >= 0.6 is 0 Å². The largest absolute Gasteiger partial charge is 0.344 e. The highest BCUT2D eigenvalue weighted by Gasteiger charge is 2.22. The summed E-state index contributed by atoms with van der Waals surface area (Å²) in [5.74, 6) is -1.96. The van der Waals surface area contributed by atoms with Crippen LogP contribution in [-0.2, 0) is 16.0 Å². The van der Waals surface area contributed by atoms with E-state index in [1.54, 1.807) is 12.3 Å². The maximum Gasteiger partial charge on any atom is 0.248 e. The third kappa shape index (κ3) is 6.82. The second kappa shape index (κ2) is 11.1. The molecule has 0 aliphatic heterocycles. The average molecular weight is 445 g/mol. The zero-order valence-electron chi connectivity index (χ0n) is 18.5. The Morgan fingerprint density at radius 1 is 1.16 bits per heavy atom. The minimum absolute atomic E-state index is 0.178. The lowest BCUT2D eigenvalue weighted by Gasteiger charge is -2.30. The molecule has 6 nitrogen and oxygen atoms in total. The first kappa shape index (κ1) is 23.8. The van der Waals surface area contributed by atoms with Crippen LogP contribution in [0.5, 0.6) is 0 Å². The summed E-state index contributed by atoms with van der Waals surface area (Å²) in [6, 6.07) is 6.58. The molecular formula is C24H30F2N4O2. The summed E-state index contributed by atoms with van der Waals surface area (Å²) in [5, 5.41) is 8.95. The van der Waals surface area contributed by atoms with E-state index in [4.69, 9.17) is 0 Å². The van der Waals surface area contributed by atoms with E-state index >= 15 is 0 Å². The van der Waals surface area contributed by atoms with Gasteiger partial charge < -0.3 is 16.0 Å². The second-order valence-corrected chi connectivity index (χ2v) is 8.35. The normalized spacial score (nSPS) is 15.5. The average Bonchev–Trinajstić information content (AvgIpc) is 2.70. The van der Waals surface area contributed by atoms with Crippen molar-refractivity contribution in [2.75, 3.05) is 5.32 Å². The van der Waals surface area contributed by atoms with Gasteiger partial charge in [0.15, 0.2) is 0 Å². The molecule has 1 aliphatic carbocycles. The summed E-state index contributed by atoms with van der Waals surface area (Å²) < 4.78 is 26.7. The Balaban J connectivity index is 1.56. The van der Waals surface area contributed by atoms with Gasteiger partial charge in [0, 0.05) is 24.3 Å². The van der Waals surface area contributed by atoms with E-state index in [0.29, 0.717) is 24.7 Å². The van der Waals surface area contributed by atoms with Gasteiger partial charge in [-0.3, -0.25) is 9.59 Å². The summed E-state index contributed by atoms with van der Waals surface area (Å²) in [4.78, 5) is 29.4. The lowest BCUT2D eigenvalue weighted by atomic mass is 9.92. The third-order valence-electron chi connectivity index (χ3n) is 5.64. The monoisotopic (exact) mass is 444 g/mol. The summed E-state index contributed by atoms with van der Waals surface area (Å²) in [6.07, 6.45) is 6.27. The van der Waals surface area contributed by atoms with E-state index in [0.717, 1.165) is 23.8 Å². The van der Waals surface area contributed by atoms with E-state index in [1.165, 1.54) is 19.3 Å². The first-order valence-electron chi connectivity index (χ1n) is 11.1. The number of nitrogens with zero attached hydrogens (tertiary/aromatic N) is 1. The molecule has 3 rings (SSSR count). The number of carbonyl (C=O) groups excluding carboxylic acids is 2. The summed E-state index contributed by atoms with van der Waals surface area (Å²) in [7, 11) is 0. The Bertz CT molecular complexity index is 912. The molecular weight excluding hydrogens is 414 g/mol. The van der Waals surface area contributed by atoms with Gasteiger partial charge in [-0.25, -0.2) is 13.8 Å². The van der Waals surface area contributed by atoms with Gasteiger partial charge in [-0.05, 0) is 55.5 Å². The van der Waals surface area contributed by atoms with Gasteiger partial charge in [0.2, 0.25) is 11.8 Å². The van der Waals surface area contributed by atoms with E-state index in [-0.39, 0.29) is 23.9 Å². The van der Waals surface area contributed by atoms with Crippen LogP contribution < -0.4 is 16.0 Å². The Morgan fingerprint density at radius 3 is 2.44 bits per heavy atom. The first-order chi connectivity index (χ1) is 15.3. The molecule has 1 fully saturated rings. The predicted molar refractivity (Wildman–Crippen MR) is 119 cm³/mol. The van der Waals surface area contributed by atoms with Gasteiger partial charge in [-0.1, -0.05) is 25.8 Å². The Morgan fingerprint density at radius 2 is 1.88 bits per heavy atom. The highest BCUT2D eigenvalue weighted by Crippen LogP contribution is 2.23. The predicted octanol–water partition coefficient (Wildman–Crippen LogP) is 4.03. The number of hydrogen-bond donors (Lipinski definition) is 3. The molecule has 3 N–H and O–H groups in total. The summed E-state index contributed by atoms with van der Waals surface area (Å²) in [6.45, 7) is 3.99. The van der Waals surface area contributed by atoms with Crippen LogP contribution in [0.25, 0.3) is 0 Å². The maximum absolute atomic E-state index is 13.3. The fourth-order valence-electron chi connectivity index (χ4n) is 3.67. The van der Waals surface area contributed by atoms with Crippen molar-refractivity contribution in [1.82, 2.24) is 15.6 Å². The van der Waals surface area contributed by atoms with Crippen molar-refractivity contribution >= 4 is 17.6 Å². The number of anilines is 1. The van der Waals surface area contributed by atoms with Gasteiger partial charge in [-0.15, -0.1) is 0 Å². The fraction of sp³-hybridized carbons (Fsp3) is 0.458. The van der Waals surface area contributed by atoms with Crippen LogP contribution in [0.3, 0.4) is 0 Å². The highest BCUT2D eigenvalue weighted by atomic mass is 19.1. The molecule has 32 heavy (non-hydrogen) atoms. The first-order valence-corrected chi connectivity index (χ1v) is 11.1. The molecule has 172 valence electrons. The zero-order chi connectivity index (χ0) is 23.1. The summed E-state index contributed by atoms with van der Waals surface area (Å²) in [5.41, 5.74) is 1.24. The van der Waals surface area contributed by atoms with Crippen molar-refractivity contribution in [2.24, 2.45) is 0 Å². The molecule has 2 atom stereocenters. The van der Waals surface area contributed by atoms with E-state index in [9.17, 15) is 18.4 Å². The number of pyridine rings is 1. The number of hydrogen-bond acceptors (Lipinski definition) is 4. The smallest absolute Gasteiger partial charge is 0.248 e. The quantitative estimate of drug-likeness (QED) is 0.517. The van der Waals surface area contributed by atoms with Crippen molar-refractivity contribution in [3.05, 3.63) is 59.3 Å². The minimum atomic E-state index is -0.772. The molecule has 1 aromatic heterocycles. The Kier molecular flexibility index (Phi) is 8.27. The van der Waals surface area contributed by atoms with Crippen molar-refractivity contribution in [2.45, 2.75) is 70.5 Å². The van der Waals surface area contributed by atoms with E-state index in [1.807, 2.05) is 13.0 Å². The molecule has 2 amide bonds. The van der Waals surface area contributed by atoms with Crippen LogP contribution in [0.15, 0.2) is 36.5 Å². The second-order valence-electron chi connectivity index (χ2n) is 8.35. The van der Waals surface area contributed by atoms with Crippen LogP contribution in [0.1, 0.15) is 63.1 Å². The zero-order valence-corrected chi connectivity index (χ0v) is 18.5. The van der Waals surface area contributed by atoms with Gasteiger partial charge in [-0.2, -0.15) is 0 Å². The molecule has 2 aromatic rings. The standard InChI is InChI=1S/C24H30F2N4O2/c1-3-5-21(29-23(31)12-16-10-18(25)13-19(26)11-16)24(32)30-22-9-8-17(14-27-22)15(2)28-20-6-4-7-20/h8-11,13-15,20-21,28H,3-7,12H2,1-2H3,(H,29,31)(H,27,30,32). The lowest BCUT2D eigenvalue weighted by molar-refractivity contribution is -0.126. The number of amides is 2. The van der Waals surface area contributed by atoms with E-state index < -0.39 is 23.6 Å². The van der Waals surface area contributed by atoms with Crippen LogP contribution in [0.4, 0.5) is 14.6 Å². The topological polar surface area (TPSA) is 83.1 Å². The van der Waals surface area contributed by atoms with Crippen LogP contribution in [0, 0.1) is 11.6 Å². The number of carbonyl (C=O) groups is 2. The SMILES string of the molecule is CCCC(NC(=O)Cc1cc(F)cc(F)c1)C(=O)Nc1ccc(C(C)NC2CCC2)cn1. The lowest BCUT2D eigenvalue weighted by Crippen LogP contribution is -2.44. The number of halogens is 2. The fourth-order valence-corrected chi connectivity index (χ4v) is 3.67. The van der Waals surface area contributed by atoms with E-state index in [2.05, 4.69) is 27.9 Å². The molecule has 0 saturated heterocycles. The third-order valence-corrected chi connectivity index (χ3v) is 5.64. The van der Waals surface area contributed by atoms with Crippen LogP contribution in [0.2, 0.25) is 0 Å². The minimum Gasteiger partial charge on any atom is -0.344 e. The number of benzene rings is 1. The number of aromatic nitrogens is 1. The maximum atomic E-state index is 13.3. The highest BCUT2D eigenvalue weighted by molar-refractivity contribution is 5.96. The van der Waals surface area contributed by atoms with Gasteiger partial charge >= 0.3 is 0 Å². The molecule has 1 saturated carbocycles. The molecule has 8 heteroatoms. The van der Waals surface area contributed by atoms with Crippen LogP contribution in [-0.4, -0.2) is 28.9 Å². The van der Waals surface area contributed by atoms with Gasteiger partial charge in [0.25, 0.3) is 0 Å². The molecule has 1 heterocycles. The molecule has 0 spiro atoms. The van der Waals surface area contributed by atoms with Crippen molar-refractivity contribution < 1.29 is 18.4 Å². The molecule has 0 radical (unpaired) electrons. The molecule has 0 bridgehead atoms. The van der Waals surface area contributed by atoms with Crippen molar-refractivity contribution in [1.29, 1.82) is 0 Å². The van der Waals surface area contributed by atoms with Gasteiger partial charge in [0.1, 0.15) is 23.5 Å². The van der Waals surface area contributed by atoms with Crippen molar-refractivity contribution in [3.63, 3.8) is 0 Å². The molecule has 2 unspecified atom stereocenters. The molecule has 1 aromatic carbocycles. The Hall–Kier alpha value is -2.87. The Labute approximate surface area is 187 Å². The van der Waals surface area contributed by atoms with Crippen molar-refractivity contribution in [3.8, 4) is 0 Å².